The van der Waals surface area contributed by atoms with Crippen LogP contribution in [-0.2, 0) is 6.54 Å². The largest absolute Gasteiger partial charge is 0.347 e. The molecule has 1 atom stereocenters. The van der Waals surface area contributed by atoms with Crippen LogP contribution < -0.4 is 0 Å². The third-order valence-corrected chi connectivity index (χ3v) is 5.34. The Morgan fingerprint density at radius 3 is 2.65 bits per heavy atom. The first-order valence-corrected chi connectivity index (χ1v) is 8.17. The van der Waals surface area contributed by atoms with Crippen LogP contribution >= 0.6 is 0 Å². The lowest BCUT2D eigenvalue weighted by molar-refractivity contribution is 0.0876. The Hall–Kier alpha value is -1.28. The molecular weight excluding hydrogens is 244 g/mol. The highest BCUT2D eigenvalue weighted by molar-refractivity contribution is 5.84. The van der Waals surface area contributed by atoms with Crippen LogP contribution in [0.5, 0.6) is 0 Å². The van der Waals surface area contributed by atoms with E-state index < -0.39 is 0 Å². The minimum Gasteiger partial charge on any atom is -0.347 e. The smallest absolute Gasteiger partial charge is 0.0483 e. The fourth-order valence-electron chi connectivity index (χ4n) is 4.31. The predicted molar refractivity (Wildman–Crippen MR) is 84.1 cm³/mol. The molecule has 3 fully saturated rings. The summed E-state index contributed by atoms with van der Waals surface area (Å²) in [5, 5.41) is 1.50. The molecule has 2 nitrogen and oxygen atoms in total. The molecule has 0 amide bonds. The maximum atomic E-state index is 2.66. The van der Waals surface area contributed by atoms with Gasteiger partial charge in [-0.3, -0.25) is 0 Å². The average molecular weight is 268 g/mol. The number of piperidine rings is 3. The number of para-hydroxylation sites is 1. The van der Waals surface area contributed by atoms with E-state index in [9.17, 15) is 0 Å². The average Bonchev–Trinajstić information content (AvgIpc) is 2.88. The Balaban J connectivity index is 1.79. The molecule has 0 aliphatic carbocycles. The van der Waals surface area contributed by atoms with Crippen molar-refractivity contribution in [2.75, 3.05) is 19.6 Å². The highest BCUT2D eigenvalue weighted by Crippen LogP contribution is 2.41. The summed E-state index contributed by atoms with van der Waals surface area (Å²) in [6.07, 6.45) is 6.47. The fraction of sp³-hybridized carbons (Fsp3) is 0.556. The summed E-state index contributed by atoms with van der Waals surface area (Å²) in [5.41, 5.74) is 3.05. The molecule has 0 radical (unpaired) electrons. The topological polar surface area (TPSA) is 8.17 Å². The van der Waals surface area contributed by atoms with Crippen LogP contribution in [0.3, 0.4) is 0 Å². The molecule has 2 bridgehead atoms. The molecule has 0 N–H and O–H groups in total. The number of aromatic nitrogens is 1. The lowest BCUT2D eigenvalue weighted by Crippen LogP contribution is -2.46. The lowest BCUT2D eigenvalue weighted by Gasteiger charge is -2.44. The molecule has 3 aliphatic rings. The van der Waals surface area contributed by atoms with Crippen molar-refractivity contribution in [2.24, 2.45) is 5.92 Å². The summed E-state index contributed by atoms with van der Waals surface area (Å²) in [5.74, 6) is 1.68. The zero-order valence-corrected chi connectivity index (χ0v) is 12.4. The van der Waals surface area contributed by atoms with E-state index in [0.717, 1.165) is 18.4 Å². The minimum absolute atomic E-state index is 0.764. The summed E-state index contributed by atoms with van der Waals surface area (Å²) >= 11 is 0. The van der Waals surface area contributed by atoms with Gasteiger partial charge >= 0.3 is 0 Å². The van der Waals surface area contributed by atoms with E-state index >= 15 is 0 Å². The number of benzene rings is 1. The molecule has 3 aliphatic heterocycles. The van der Waals surface area contributed by atoms with E-state index in [1.54, 1.807) is 5.56 Å². The van der Waals surface area contributed by atoms with Gasteiger partial charge in [0.2, 0.25) is 0 Å². The number of hydrogen-bond donors (Lipinski definition) is 0. The van der Waals surface area contributed by atoms with E-state index in [-0.39, 0.29) is 0 Å². The van der Waals surface area contributed by atoms with E-state index in [1.807, 2.05) is 0 Å². The molecule has 2 aromatic rings. The van der Waals surface area contributed by atoms with Crippen molar-refractivity contribution in [1.82, 2.24) is 9.47 Å². The van der Waals surface area contributed by atoms with Gasteiger partial charge in [0.25, 0.3) is 0 Å². The third-order valence-electron chi connectivity index (χ3n) is 5.34. The van der Waals surface area contributed by atoms with Crippen molar-refractivity contribution >= 4 is 10.9 Å². The lowest BCUT2D eigenvalue weighted by atomic mass is 9.75. The van der Waals surface area contributed by atoms with Crippen LogP contribution in [0.1, 0.15) is 37.7 Å². The van der Waals surface area contributed by atoms with Crippen molar-refractivity contribution in [2.45, 2.75) is 38.6 Å². The zero-order valence-electron chi connectivity index (χ0n) is 12.4. The van der Waals surface area contributed by atoms with Crippen LogP contribution in [0, 0.1) is 5.92 Å². The predicted octanol–water partition coefficient (Wildman–Crippen LogP) is 3.86. The Morgan fingerprint density at radius 1 is 1.15 bits per heavy atom. The number of hydrogen-bond acceptors (Lipinski definition) is 1. The number of aryl methyl sites for hydroxylation is 1. The maximum absolute atomic E-state index is 2.66. The number of rotatable bonds is 3. The molecule has 1 aromatic carbocycles. The number of nitrogens with zero attached hydrogens (tertiary/aromatic N) is 2. The van der Waals surface area contributed by atoms with Gasteiger partial charge in [0.1, 0.15) is 0 Å². The van der Waals surface area contributed by atoms with Gasteiger partial charge in [-0.05, 0) is 49.9 Å². The summed E-state index contributed by atoms with van der Waals surface area (Å²) < 4.78 is 2.47. The molecular formula is C18H24N2. The monoisotopic (exact) mass is 268 g/mol. The van der Waals surface area contributed by atoms with Gasteiger partial charge in [0.15, 0.2) is 0 Å². The second-order valence-corrected chi connectivity index (χ2v) is 6.54. The summed E-state index contributed by atoms with van der Waals surface area (Å²) in [4.78, 5) is 2.66. The molecule has 0 spiro atoms. The van der Waals surface area contributed by atoms with Crippen LogP contribution in [0.25, 0.3) is 10.9 Å². The summed E-state index contributed by atoms with van der Waals surface area (Å²) in [7, 11) is 0. The van der Waals surface area contributed by atoms with Crippen molar-refractivity contribution in [3.8, 4) is 0 Å². The third kappa shape index (κ3) is 1.89. The molecule has 1 unspecified atom stereocenters. The molecule has 5 rings (SSSR count). The van der Waals surface area contributed by atoms with Gasteiger partial charge in [-0.15, -0.1) is 0 Å². The SMILES string of the molecule is CCCn1cc(C2CN3CCC2CC3)c2ccccc21. The molecule has 2 heteroatoms. The molecule has 0 saturated carbocycles. The van der Waals surface area contributed by atoms with E-state index in [0.29, 0.717) is 0 Å². The quantitative estimate of drug-likeness (QED) is 0.820. The summed E-state index contributed by atoms with van der Waals surface area (Å²) in [6.45, 7) is 7.35. The Kier molecular flexibility index (Phi) is 3.07. The van der Waals surface area contributed by atoms with Gasteiger partial charge in [-0.25, -0.2) is 0 Å². The number of fused-ring (bicyclic) bond motifs is 4. The van der Waals surface area contributed by atoms with Crippen molar-refractivity contribution in [3.05, 3.63) is 36.0 Å². The van der Waals surface area contributed by atoms with Crippen molar-refractivity contribution in [3.63, 3.8) is 0 Å². The van der Waals surface area contributed by atoms with Crippen molar-refractivity contribution < 1.29 is 0 Å². The summed E-state index contributed by atoms with van der Waals surface area (Å²) in [6, 6.07) is 8.99. The standard InChI is InChI=1S/C18H24N2/c1-2-9-20-13-17(15-5-3-4-6-18(15)20)16-12-19-10-7-14(16)8-11-19/h3-6,13-14,16H,2,7-12H2,1H3. The van der Waals surface area contributed by atoms with Gasteiger partial charge in [-0.2, -0.15) is 0 Å². The maximum Gasteiger partial charge on any atom is 0.0483 e. The molecule has 1 aromatic heterocycles. The van der Waals surface area contributed by atoms with E-state index in [2.05, 4.69) is 46.9 Å². The van der Waals surface area contributed by atoms with Crippen molar-refractivity contribution in [1.29, 1.82) is 0 Å². The molecule has 20 heavy (non-hydrogen) atoms. The highest BCUT2D eigenvalue weighted by atomic mass is 15.1. The fourth-order valence-corrected chi connectivity index (χ4v) is 4.31. The second-order valence-electron chi connectivity index (χ2n) is 6.54. The molecule has 3 saturated heterocycles. The first-order chi connectivity index (χ1) is 9.86. The van der Waals surface area contributed by atoms with Gasteiger partial charge in [0, 0.05) is 36.1 Å². The molecule has 106 valence electrons. The Bertz CT molecular complexity index is 605. The highest BCUT2D eigenvalue weighted by Gasteiger charge is 2.36. The minimum atomic E-state index is 0.764. The van der Waals surface area contributed by atoms with Gasteiger partial charge in [-0.1, -0.05) is 25.1 Å². The van der Waals surface area contributed by atoms with Crippen LogP contribution in [-0.4, -0.2) is 29.1 Å². The normalized spacial score (nSPS) is 29.1. The van der Waals surface area contributed by atoms with Crippen LogP contribution in [0.15, 0.2) is 30.5 Å². The molecule has 4 heterocycles. The van der Waals surface area contributed by atoms with E-state index in [4.69, 9.17) is 0 Å². The first kappa shape index (κ1) is 12.5. The van der Waals surface area contributed by atoms with Crippen LogP contribution in [0.2, 0.25) is 0 Å². The zero-order chi connectivity index (χ0) is 13.5. The van der Waals surface area contributed by atoms with Gasteiger partial charge in [0.05, 0.1) is 0 Å². The Morgan fingerprint density at radius 2 is 1.95 bits per heavy atom. The Labute approximate surface area is 121 Å². The second kappa shape index (κ2) is 4.92. The van der Waals surface area contributed by atoms with Gasteiger partial charge < -0.3 is 9.47 Å². The first-order valence-electron chi connectivity index (χ1n) is 8.17. The van der Waals surface area contributed by atoms with E-state index in [1.165, 1.54) is 49.8 Å². The van der Waals surface area contributed by atoms with Crippen LogP contribution in [0.4, 0.5) is 0 Å².